The fraction of sp³-hybridized carbons (Fsp3) is 0.423. The molecule has 2 aliphatic heterocycles. The van der Waals surface area contributed by atoms with E-state index in [1.54, 1.807) is 0 Å². The van der Waals surface area contributed by atoms with Gasteiger partial charge in [0.1, 0.15) is 77.2 Å². The van der Waals surface area contributed by atoms with Gasteiger partial charge in [-0.25, -0.2) is 0 Å². The number of aromatic hydroxyl groups is 3. The second kappa shape index (κ2) is 10.9. The Morgan fingerprint density at radius 2 is 1.40 bits per heavy atom. The van der Waals surface area contributed by atoms with Crippen molar-refractivity contribution >= 4 is 11.0 Å². The summed E-state index contributed by atoms with van der Waals surface area (Å²) < 4.78 is 22.8. The van der Waals surface area contributed by atoms with Crippen LogP contribution in [0.5, 0.6) is 17.2 Å². The van der Waals surface area contributed by atoms with Crippen LogP contribution in [0.4, 0.5) is 0 Å². The van der Waals surface area contributed by atoms with Gasteiger partial charge in [0.15, 0.2) is 17.3 Å². The predicted octanol–water partition coefficient (Wildman–Crippen LogP) is -1.45. The van der Waals surface area contributed by atoms with Crippen LogP contribution in [0.2, 0.25) is 0 Å². The highest BCUT2D eigenvalue weighted by Gasteiger charge is 2.52. The summed E-state index contributed by atoms with van der Waals surface area (Å²) >= 11 is 0. The molecule has 2 saturated heterocycles. The quantitative estimate of drug-likeness (QED) is 0.167. The monoisotopic (exact) mass is 564 g/mol. The van der Waals surface area contributed by atoms with Gasteiger partial charge in [0.05, 0.1) is 18.8 Å². The van der Waals surface area contributed by atoms with Crippen molar-refractivity contribution in [2.75, 3.05) is 13.2 Å². The maximum Gasteiger partial charge on any atom is 0.197 e. The van der Waals surface area contributed by atoms with Gasteiger partial charge in [-0.15, -0.1) is 0 Å². The molecule has 2 fully saturated rings. The number of ether oxygens (including phenoxy) is 3. The predicted molar refractivity (Wildman–Crippen MR) is 132 cm³/mol. The van der Waals surface area contributed by atoms with Gasteiger partial charge < -0.3 is 64.6 Å². The fourth-order valence-corrected chi connectivity index (χ4v) is 4.97. The van der Waals surface area contributed by atoms with Gasteiger partial charge in [0.2, 0.25) is 0 Å². The Balaban J connectivity index is 1.67. The topological polar surface area (TPSA) is 240 Å². The molecule has 2 aliphatic rings. The largest absolute Gasteiger partial charge is 0.508 e. The van der Waals surface area contributed by atoms with Crippen LogP contribution in [0, 0.1) is 0 Å². The van der Waals surface area contributed by atoms with E-state index in [4.69, 9.17) is 18.6 Å². The Bertz CT molecular complexity index is 1420. The van der Waals surface area contributed by atoms with Gasteiger partial charge in [-0.3, -0.25) is 4.79 Å². The minimum absolute atomic E-state index is 0.0280. The first-order chi connectivity index (χ1) is 19.0. The normalized spacial score (nSPS) is 32.5. The molecule has 0 saturated carbocycles. The fourth-order valence-electron chi connectivity index (χ4n) is 4.97. The average Bonchev–Trinajstić information content (AvgIpc) is 3.20. The lowest BCUT2D eigenvalue weighted by Crippen LogP contribution is -2.57. The number of aliphatic hydroxyl groups excluding tert-OH is 6. The van der Waals surface area contributed by atoms with E-state index in [9.17, 15) is 50.8 Å². The number of rotatable bonds is 6. The van der Waals surface area contributed by atoms with Gasteiger partial charge in [0, 0.05) is 17.7 Å². The van der Waals surface area contributed by atoms with Crippen LogP contribution in [0.25, 0.3) is 22.3 Å². The molecule has 3 heterocycles. The number of phenolic OH excluding ortho intramolecular Hbond substituents is 3. The van der Waals surface area contributed by atoms with Crippen molar-refractivity contribution in [2.24, 2.45) is 0 Å². The number of hydrogen-bond donors (Lipinski definition) is 9. The van der Waals surface area contributed by atoms with Crippen molar-refractivity contribution < 1.29 is 64.6 Å². The van der Waals surface area contributed by atoms with E-state index in [-0.39, 0.29) is 28.0 Å². The summed E-state index contributed by atoms with van der Waals surface area (Å²) in [6.45, 7) is -1.45. The van der Waals surface area contributed by atoms with Gasteiger partial charge in [-0.1, -0.05) is 0 Å². The molecule has 216 valence electrons. The second-order valence-corrected chi connectivity index (χ2v) is 9.62. The summed E-state index contributed by atoms with van der Waals surface area (Å²) in [6.07, 6.45) is -14.4. The molecule has 9 N–H and O–H groups in total. The van der Waals surface area contributed by atoms with Crippen LogP contribution >= 0.6 is 0 Å². The molecule has 1 aromatic heterocycles. The van der Waals surface area contributed by atoms with Crippen molar-refractivity contribution in [3.63, 3.8) is 0 Å². The molecule has 14 nitrogen and oxygen atoms in total. The van der Waals surface area contributed by atoms with E-state index in [0.717, 1.165) is 12.1 Å². The van der Waals surface area contributed by atoms with Gasteiger partial charge in [-0.05, 0) is 24.3 Å². The first kappa shape index (κ1) is 28.2. The first-order valence-corrected chi connectivity index (χ1v) is 12.3. The van der Waals surface area contributed by atoms with E-state index >= 15 is 0 Å². The molecule has 9 atom stereocenters. The number of fused-ring (bicyclic) bond motifs is 1. The van der Waals surface area contributed by atoms with Gasteiger partial charge in [-0.2, -0.15) is 0 Å². The molecular formula is C26H28O14. The molecule has 5 rings (SSSR count). The number of hydrogen-bond acceptors (Lipinski definition) is 14. The van der Waals surface area contributed by atoms with E-state index in [1.165, 1.54) is 24.3 Å². The molecule has 0 unspecified atom stereocenters. The van der Waals surface area contributed by atoms with Gasteiger partial charge in [0.25, 0.3) is 0 Å². The Morgan fingerprint density at radius 3 is 2.02 bits per heavy atom. The molecule has 0 bridgehead atoms. The highest BCUT2D eigenvalue weighted by atomic mass is 16.7. The van der Waals surface area contributed by atoms with Crippen molar-refractivity contribution in [1.82, 2.24) is 0 Å². The molecule has 40 heavy (non-hydrogen) atoms. The Hall–Kier alpha value is -3.31. The van der Waals surface area contributed by atoms with Crippen molar-refractivity contribution in [2.45, 2.75) is 55.1 Å². The molecule has 0 spiro atoms. The summed E-state index contributed by atoms with van der Waals surface area (Å²) in [5.41, 5.74) is -1.07. The zero-order valence-electron chi connectivity index (χ0n) is 20.6. The summed E-state index contributed by atoms with van der Waals surface area (Å²) in [6, 6.07) is 7.52. The number of phenols is 3. The van der Waals surface area contributed by atoms with Crippen molar-refractivity contribution in [1.29, 1.82) is 0 Å². The summed E-state index contributed by atoms with van der Waals surface area (Å²) in [5, 5.41) is 91.9. The SMILES string of the molecule is O=c1cc(-c2ccc(O)cc2)oc2c([C@H]3O[C@@H](CO)[C@H](O)[C@@H](O)[C@@H]3O[C@@H]3O[C@@H](CO)[C@H](O)[C@H]3O)c(O)cc(O)c12. The summed E-state index contributed by atoms with van der Waals surface area (Å²) in [7, 11) is 0. The van der Waals surface area contributed by atoms with E-state index in [2.05, 4.69) is 0 Å². The number of aliphatic hydroxyl groups is 6. The maximum absolute atomic E-state index is 13.1. The lowest BCUT2D eigenvalue weighted by molar-refractivity contribution is -0.289. The van der Waals surface area contributed by atoms with Crippen LogP contribution in [-0.4, -0.2) is 108 Å². The molecule has 0 radical (unpaired) electrons. The lowest BCUT2D eigenvalue weighted by atomic mass is 9.89. The minimum atomic E-state index is -1.84. The third-order valence-electron chi connectivity index (χ3n) is 7.09. The molecule has 2 aromatic carbocycles. The zero-order valence-corrected chi connectivity index (χ0v) is 20.6. The molecular weight excluding hydrogens is 536 g/mol. The van der Waals surface area contributed by atoms with Gasteiger partial charge >= 0.3 is 0 Å². The molecule has 14 heteroatoms. The van der Waals surface area contributed by atoms with E-state index < -0.39 is 85.3 Å². The average molecular weight is 564 g/mol. The first-order valence-electron chi connectivity index (χ1n) is 12.3. The molecule has 3 aromatic rings. The summed E-state index contributed by atoms with van der Waals surface area (Å²) in [4.78, 5) is 13.1. The van der Waals surface area contributed by atoms with Crippen LogP contribution in [-0.2, 0) is 14.2 Å². The standard InChI is InChI=1S/C26H28O14/c27-7-15-19(33)21(35)25(40-26-22(36)20(34)16(8-28)39-26)24(38-15)18-12(31)5-11(30)17-13(32)6-14(37-23(17)18)9-1-3-10(29)4-2-9/h1-6,15-16,19-22,24-31,33-36H,7-8H2/t15-,16-,19-,20-,21+,22+,24+,25-,26-/m0/s1. The van der Waals surface area contributed by atoms with Crippen LogP contribution in [0.3, 0.4) is 0 Å². The van der Waals surface area contributed by atoms with E-state index in [0.29, 0.717) is 5.56 Å². The third kappa shape index (κ3) is 4.79. The van der Waals surface area contributed by atoms with Crippen molar-refractivity contribution in [3.8, 4) is 28.6 Å². The minimum Gasteiger partial charge on any atom is -0.508 e. The van der Waals surface area contributed by atoms with Crippen molar-refractivity contribution in [3.05, 3.63) is 52.2 Å². The van der Waals surface area contributed by atoms with E-state index in [1.807, 2.05) is 0 Å². The smallest absolute Gasteiger partial charge is 0.197 e. The van der Waals surface area contributed by atoms with Crippen LogP contribution in [0.1, 0.15) is 11.7 Å². The maximum atomic E-state index is 13.1. The Kier molecular flexibility index (Phi) is 7.71. The third-order valence-corrected chi connectivity index (χ3v) is 7.09. The second-order valence-electron chi connectivity index (χ2n) is 9.62. The zero-order chi connectivity index (χ0) is 28.9. The van der Waals surface area contributed by atoms with Crippen LogP contribution in [0.15, 0.2) is 45.6 Å². The lowest BCUT2D eigenvalue weighted by Gasteiger charge is -2.43. The van der Waals surface area contributed by atoms with Crippen LogP contribution < -0.4 is 5.43 Å². The molecule has 0 aliphatic carbocycles. The molecule has 0 amide bonds. The summed E-state index contributed by atoms with van der Waals surface area (Å²) in [5.74, 6) is -1.39. The highest BCUT2D eigenvalue weighted by Crippen LogP contribution is 2.45. The number of benzene rings is 2. The highest BCUT2D eigenvalue weighted by molar-refractivity contribution is 5.89. The Labute approximate surface area is 225 Å². The Morgan fingerprint density at radius 1 is 0.775 bits per heavy atom.